The smallest absolute Gasteiger partial charge is 0.256 e. The van der Waals surface area contributed by atoms with Gasteiger partial charge >= 0.3 is 0 Å². The van der Waals surface area contributed by atoms with Crippen LogP contribution in [0.3, 0.4) is 0 Å². The molecule has 1 aliphatic heterocycles. The topological polar surface area (TPSA) is 45.5 Å². The highest BCUT2D eigenvalue weighted by molar-refractivity contribution is 6.07. The summed E-state index contributed by atoms with van der Waals surface area (Å²) in [5, 5.41) is 10.4. The summed E-state index contributed by atoms with van der Waals surface area (Å²) in [5.74, 6) is -0.00156. The fourth-order valence-corrected chi connectivity index (χ4v) is 3.12. The second kappa shape index (κ2) is 5.56. The third-order valence-electron chi connectivity index (χ3n) is 4.36. The molecule has 4 nitrogen and oxygen atoms in total. The molecule has 4 rings (SSSR count). The molecule has 0 saturated carbocycles. The lowest BCUT2D eigenvalue weighted by atomic mass is 10.1. The Morgan fingerprint density at radius 3 is 2.48 bits per heavy atom. The fourth-order valence-electron chi connectivity index (χ4n) is 3.12. The van der Waals surface area contributed by atoms with Crippen molar-refractivity contribution in [1.82, 2.24) is 9.47 Å². The standard InChI is InChI=1S/C19H18N2O2/c22-15-11-21(12-15)19(23)17-13-20(10-14-6-2-1-3-7-14)18-9-5-4-8-16(17)18/h1-9,13,15,22H,10-12H2. The number of benzene rings is 2. The number of β-amino-alcohol motifs (C(OH)–C–C–N with tert-alkyl or cyclic N) is 1. The SMILES string of the molecule is O=C(c1cn(Cc2ccccc2)c2ccccc12)N1CC(O)C1. The number of aromatic nitrogens is 1. The van der Waals surface area contributed by atoms with Crippen molar-refractivity contribution in [3.05, 3.63) is 71.9 Å². The average Bonchev–Trinajstić information content (AvgIpc) is 2.91. The number of aliphatic hydroxyl groups is 1. The summed E-state index contributed by atoms with van der Waals surface area (Å²) < 4.78 is 2.12. The number of carbonyl (C=O) groups excluding carboxylic acids is 1. The highest BCUT2D eigenvalue weighted by atomic mass is 16.3. The largest absolute Gasteiger partial charge is 0.389 e. The van der Waals surface area contributed by atoms with Crippen molar-refractivity contribution in [3.8, 4) is 0 Å². The lowest BCUT2D eigenvalue weighted by Crippen LogP contribution is -2.53. The van der Waals surface area contributed by atoms with Gasteiger partial charge in [0.25, 0.3) is 5.91 Å². The number of fused-ring (bicyclic) bond motifs is 1. The summed E-state index contributed by atoms with van der Waals surface area (Å²) in [6.45, 7) is 1.59. The quantitative estimate of drug-likeness (QED) is 0.808. The predicted molar refractivity (Wildman–Crippen MR) is 89.4 cm³/mol. The third-order valence-corrected chi connectivity index (χ3v) is 4.36. The minimum Gasteiger partial charge on any atom is -0.389 e. The zero-order chi connectivity index (χ0) is 15.8. The summed E-state index contributed by atoms with van der Waals surface area (Å²) in [6.07, 6.45) is 1.56. The molecule has 23 heavy (non-hydrogen) atoms. The lowest BCUT2D eigenvalue weighted by molar-refractivity contribution is 0.00601. The van der Waals surface area contributed by atoms with E-state index in [0.29, 0.717) is 18.7 Å². The Balaban J connectivity index is 1.73. The molecule has 1 aromatic heterocycles. The van der Waals surface area contributed by atoms with Gasteiger partial charge in [0.15, 0.2) is 0 Å². The maximum absolute atomic E-state index is 12.7. The molecule has 1 saturated heterocycles. The second-order valence-electron chi connectivity index (χ2n) is 6.04. The van der Waals surface area contributed by atoms with E-state index >= 15 is 0 Å². The van der Waals surface area contributed by atoms with Gasteiger partial charge in [-0.15, -0.1) is 0 Å². The Kier molecular flexibility index (Phi) is 3.39. The molecule has 2 heterocycles. The van der Waals surface area contributed by atoms with Crippen molar-refractivity contribution in [3.63, 3.8) is 0 Å². The molecule has 0 bridgehead atoms. The molecule has 0 atom stereocenters. The molecule has 0 unspecified atom stereocenters. The summed E-state index contributed by atoms with van der Waals surface area (Å²) in [6, 6.07) is 18.2. The Bertz CT molecular complexity index is 848. The fraction of sp³-hybridized carbons (Fsp3) is 0.211. The van der Waals surface area contributed by atoms with Crippen LogP contribution in [0.15, 0.2) is 60.8 Å². The van der Waals surface area contributed by atoms with Gasteiger partial charge in [-0.2, -0.15) is 0 Å². The van der Waals surface area contributed by atoms with Crippen LogP contribution in [-0.2, 0) is 6.54 Å². The van der Waals surface area contributed by atoms with E-state index in [1.165, 1.54) is 5.56 Å². The molecule has 116 valence electrons. The molecule has 4 heteroatoms. The zero-order valence-electron chi connectivity index (χ0n) is 12.7. The molecule has 0 spiro atoms. The lowest BCUT2D eigenvalue weighted by Gasteiger charge is -2.35. The van der Waals surface area contributed by atoms with Crippen molar-refractivity contribution in [1.29, 1.82) is 0 Å². The number of rotatable bonds is 3. The minimum atomic E-state index is -0.378. The van der Waals surface area contributed by atoms with Gasteiger partial charge < -0.3 is 14.6 Å². The molecule has 1 aliphatic rings. The van der Waals surface area contributed by atoms with E-state index in [0.717, 1.165) is 17.4 Å². The molecule has 1 fully saturated rings. The van der Waals surface area contributed by atoms with Crippen LogP contribution in [0.4, 0.5) is 0 Å². The van der Waals surface area contributed by atoms with E-state index in [1.54, 1.807) is 4.90 Å². The Hall–Kier alpha value is -2.59. The van der Waals surface area contributed by atoms with Gasteiger partial charge in [0.1, 0.15) is 0 Å². The summed E-state index contributed by atoms with van der Waals surface area (Å²) in [4.78, 5) is 14.3. The molecule has 1 amide bonds. The van der Waals surface area contributed by atoms with Crippen molar-refractivity contribution < 1.29 is 9.90 Å². The average molecular weight is 306 g/mol. The van der Waals surface area contributed by atoms with Crippen molar-refractivity contribution >= 4 is 16.8 Å². The third kappa shape index (κ3) is 2.51. The van der Waals surface area contributed by atoms with E-state index in [-0.39, 0.29) is 12.0 Å². The first-order valence-electron chi connectivity index (χ1n) is 7.81. The highest BCUT2D eigenvalue weighted by Gasteiger charge is 2.31. The Labute approximate surface area is 134 Å². The van der Waals surface area contributed by atoms with Crippen molar-refractivity contribution in [2.45, 2.75) is 12.6 Å². The highest BCUT2D eigenvalue weighted by Crippen LogP contribution is 2.25. The first kappa shape index (κ1) is 14.0. The van der Waals surface area contributed by atoms with Crippen LogP contribution in [0.1, 0.15) is 15.9 Å². The van der Waals surface area contributed by atoms with Crippen LogP contribution in [0, 0.1) is 0 Å². The summed E-state index contributed by atoms with van der Waals surface area (Å²) in [5.41, 5.74) is 2.97. The maximum atomic E-state index is 12.7. The van der Waals surface area contributed by atoms with Crippen LogP contribution < -0.4 is 0 Å². The van der Waals surface area contributed by atoms with Gasteiger partial charge in [0.2, 0.25) is 0 Å². The van der Waals surface area contributed by atoms with Crippen LogP contribution in [-0.4, -0.2) is 39.7 Å². The maximum Gasteiger partial charge on any atom is 0.256 e. The summed E-state index contributed by atoms with van der Waals surface area (Å²) in [7, 11) is 0. The Morgan fingerprint density at radius 2 is 1.74 bits per heavy atom. The van der Waals surface area contributed by atoms with Gasteiger partial charge in [-0.05, 0) is 11.6 Å². The number of aliphatic hydroxyl groups excluding tert-OH is 1. The van der Waals surface area contributed by atoms with Crippen LogP contribution >= 0.6 is 0 Å². The van der Waals surface area contributed by atoms with E-state index < -0.39 is 0 Å². The number of hydrogen-bond donors (Lipinski definition) is 1. The van der Waals surface area contributed by atoms with Crippen molar-refractivity contribution in [2.75, 3.05) is 13.1 Å². The number of amides is 1. The van der Waals surface area contributed by atoms with Gasteiger partial charge in [-0.25, -0.2) is 0 Å². The molecule has 3 aromatic rings. The minimum absolute atomic E-state index is 0.00156. The second-order valence-corrected chi connectivity index (χ2v) is 6.04. The van der Waals surface area contributed by atoms with Gasteiger partial charge in [-0.3, -0.25) is 4.79 Å². The number of likely N-dealkylation sites (tertiary alicyclic amines) is 1. The van der Waals surface area contributed by atoms with E-state index in [2.05, 4.69) is 16.7 Å². The molecule has 0 aliphatic carbocycles. The monoisotopic (exact) mass is 306 g/mol. The number of carbonyl (C=O) groups is 1. The summed E-state index contributed by atoms with van der Waals surface area (Å²) >= 11 is 0. The van der Waals surface area contributed by atoms with Crippen molar-refractivity contribution in [2.24, 2.45) is 0 Å². The van der Waals surface area contributed by atoms with Gasteiger partial charge in [-0.1, -0.05) is 48.5 Å². The van der Waals surface area contributed by atoms with Crippen LogP contribution in [0.2, 0.25) is 0 Å². The Morgan fingerprint density at radius 1 is 1.04 bits per heavy atom. The molecule has 0 radical (unpaired) electrons. The molecular formula is C19H18N2O2. The van der Waals surface area contributed by atoms with Gasteiger partial charge in [0, 0.05) is 36.7 Å². The normalized spacial score (nSPS) is 14.9. The van der Waals surface area contributed by atoms with E-state index in [1.807, 2.05) is 48.7 Å². The number of para-hydroxylation sites is 1. The number of nitrogens with zero attached hydrogens (tertiary/aromatic N) is 2. The first-order chi connectivity index (χ1) is 11.2. The molecular weight excluding hydrogens is 288 g/mol. The first-order valence-corrected chi connectivity index (χ1v) is 7.81. The number of hydrogen-bond acceptors (Lipinski definition) is 2. The van der Waals surface area contributed by atoms with E-state index in [4.69, 9.17) is 0 Å². The predicted octanol–water partition coefficient (Wildman–Crippen LogP) is 2.51. The van der Waals surface area contributed by atoms with Crippen LogP contribution in [0.25, 0.3) is 10.9 Å². The molecule has 1 N–H and O–H groups in total. The van der Waals surface area contributed by atoms with Crippen LogP contribution in [0.5, 0.6) is 0 Å². The van der Waals surface area contributed by atoms with E-state index in [9.17, 15) is 9.90 Å². The van der Waals surface area contributed by atoms with Gasteiger partial charge in [0.05, 0.1) is 11.7 Å². The molecule has 2 aromatic carbocycles. The zero-order valence-corrected chi connectivity index (χ0v) is 12.7.